The molecular formula is C19H20N4O. The number of pyridine rings is 2. The number of nitrogens with zero attached hydrogens (tertiary/aromatic N) is 4. The number of hydrogen-bond donors (Lipinski definition) is 0. The van der Waals surface area contributed by atoms with Crippen molar-refractivity contribution in [1.29, 1.82) is 0 Å². The number of hydrogen-bond acceptors (Lipinski definition) is 3. The van der Waals surface area contributed by atoms with Gasteiger partial charge in [-0.2, -0.15) is 0 Å². The molecule has 0 bridgehead atoms. The predicted molar refractivity (Wildman–Crippen MR) is 91.6 cm³/mol. The average molecular weight is 320 g/mol. The SMILES string of the molecule is Cc1cn2c(C3CCCN3C(=O)Cc3ccccn3)cccc2n1. The van der Waals surface area contributed by atoms with Crippen molar-refractivity contribution in [2.45, 2.75) is 32.2 Å². The molecule has 1 amide bonds. The van der Waals surface area contributed by atoms with E-state index in [1.165, 1.54) is 0 Å². The van der Waals surface area contributed by atoms with Crippen molar-refractivity contribution in [2.24, 2.45) is 0 Å². The summed E-state index contributed by atoms with van der Waals surface area (Å²) in [7, 11) is 0. The highest BCUT2D eigenvalue weighted by molar-refractivity contribution is 5.79. The lowest BCUT2D eigenvalue weighted by molar-refractivity contribution is -0.131. The second-order valence-corrected chi connectivity index (χ2v) is 6.30. The Morgan fingerprint density at radius 2 is 2.17 bits per heavy atom. The van der Waals surface area contributed by atoms with Gasteiger partial charge in [-0.25, -0.2) is 4.98 Å². The Bertz CT molecular complexity index is 871. The third-order valence-electron chi connectivity index (χ3n) is 4.62. The number of likely N-dealkylation sites (tertiary alicyclic amines) is 1. The monoisotopic (exact) mass is 320 g/mol. The van der Waals surface area contributed by atoms with Gasteiger partial charge < -0.3 is 9.30 Å². The predicted octanol–water partition coefficient (Wildman–Crippen LogP) is 2.94. The van der Waals surface area contributed by atoms with Gasteiger partial charge in [0.2, 0.25) is 5.91 Å². The van der Waals surface area contributed by atoms with Crippen molar-refractivity contribution in [3.05, 3.63) is 65.9 Å². The van der Waals surface area contributed by atoms with Crippen molar-refractivity contribution < 1.29 is 4.79 Å². The smallest absolute Gasteiger partial charge is 0.229 e. The molecule has 3 aromatic rings. The van der Waals surface area contributed by atoms with E-state index in [0.717, 1.165) is 42.1 Å². The highest BCUT2D eigenvalue weighted by Crippen LogP contribution is 2.32. The van der Waals surface area contributed by atoms with Crippen LogP contribution < -0.4 is 0 Å². The van der Waals surface area contributed by atoms with Crippen LogP contribution in [0.1, 0.15) is 36.0 Å². The number of amides is 1. The molecule has 24 heavy (non-hydrogen) atoms. The van der Waals surface area contributed by atoms with Gasteiger partial charge in [-0.15, -0.1) is 0 Å². The number of aryl methyl sites for hydroxylation is 1. The molecule has 122 valence electrons. The second-order valence-electron chi connectivity index (χ2n) is 6.30. The summed E-state index contributed by atoms with van der Waals surface area (Å²) in [6.07, 6.45) is 6.16. The summed E-state index contributed by atoms with van der Waals surface area (Å²) in [5.74, 6) is 0.144. The lowest BCUT2D eigenvalue weighted by Crippen LogP contribution is -2.32. The van der Waals surface area contributed by atoms with Crippen LogP contribution in [0.15, 0.2) is 48.8 Å². The normalized spacial score (nSPS) is 17.5. The van der Waals surface area contributed by atoms with Crippen LogP contribution >= 0.6 is 0 Å². The van der Waals surface area contributed by atoms with Gasteiger partial charge in [0, 0.05) is 30.3 Å². The Balaban J connectivity index is 1.63. The minimum Gasteiger partial charge on any atom is -0.334 e. The Hall–Kier alpha value is -2.69. The van der Waals surface area contributed by atoms with Crippen molar-refractivity contribution in [3.63, 3.8) is 0 Å². The highest BCUT2D eigenvalue weighted by Gasteiger charge is 2.31. The van der Waals surface area contributed by atoms with E-state index in [1.54, 1.807) is 6.20 Å². The van der Waals surface area contributed by atoms with Crippen LogP contribution in [-0.2, 0) is 11.2 Å². The molecule has 0 saturated carbocycles. The summed E-state index contributed by atoms with van der Waals surface area (Å²) < 4.78 is 2.12. The molecule has 5 heteroatoms. The van der Waals surface area contributed by atoms with Gasteiger partial charge in [-0.1, -0.05) is 12.1 Å². The molecule has 4 heterocycles. The Labute approximate surface area is 141 Å². The van der Waals surface area contributed by atoms with Gasteiger partial charge in [-0.3, -0.25) is 9.78 Å². The molecule has 1 fully saturated rings. The second kappa shape index (κ2) is 6.07. The third kappa shape index (κ3) is 2.66. The van der Waals surface area contributed by atoms with Crippen molar-refractivity contribution in [2.75, 3.05) is 6.54 Å². The van der Waals surface area contributed by atoms with Gasteiger partial charge in [0.1, 0.15) is 5.65 Å². The number of carbonyl (C=O) groups excluding carboxylic acids is 1. The van der Waals surface area contributed by atoms with E-state index in [1.807, 2.05) is 48.4 Å². The maximum Gasteiger partial charge on any atom is 0.229 e. The summed E-state index contributed by atoms with van der Waals surface area (Å²) in [5.41, 5.74) is 3.89. The fourth-order valence-electron chi connectivity index (χ4n) is 3.56. The zero-order valence-corrected chi connectivity index (χ0v) is 13.7. The number of carbonyl (C=O) groups is 1. The maximum atomic E-state index is 12.8. The van der Waals surface area contributed by atoms with E-state index in [4.69, 9.17) is 0 Å². The van der Waals surface area contributed by atoms with E-state index in [2.05, 4.69) is 20.4 Å². The standard InChI is InChI=1S/C19H20N4O/c1-14-13-23-17(7-4-9-18(23)21-14)16-8-5-11-22(16)19(24)12-15-6-2-3-10-20-15/h2-4,6-7,9-10,13,16H,5,8,11-12H2,1H3. The molecule has 1 unspecified atom stereocenters. The minimum atomic E-state index is 0.110. The van der Waals surface area contributed by atoms with Gasteiger partial charge >= 0.3 is 0 Å². The van der Waals surface area contributed by atoms with Crippen molar-refractivity contribution in [3.8, 4) is 0 Å². The average Bonchev–Trinajstić information content (AvgIpc) is 3.20. The van der Waals surface area contributed by atoms with Gasteiger partial charge in [0.15, 0.2) is 0 Å². The highest BCUT2D eigenvalue weighted by atomic mass is 16.2. The van der Waals surface area contributed by atoms with Gasteiger partial charge in [-0.05, 0) is 44.0 Å². The molecule has 0 radical (unpaired) electrons. The molecule has 3 aromatic heterocycles. The fraction of sp³-hybridized carbons (Fsp3) is 0.316. The Kier molecular flexibility index (Phi) is 3.76. The maximum absolute atomic E-state index is 12.8. The molecule has 4 rings (SSSR count). The summed E-state index contributed by atoms with van der Waals surface area (Å²) in [6, 6.07) is 11.9. The van der Waals surface area contributed by atoms with Crippen LogP contribution in [0.4, 0.5) is 0 Å². The fourth-order valence-corrected chi connectivity index (χ4v) is 3.56. The van der Waals surface area contributed by atoms with Crippen LogP contribution in [0.5, 0.6) is 0 Å². The summed E-state index contributed by atoms with van der Waals surface area (Å²) in [4.78, 5) is 23.6. The summed E-state index contributed by atoms with van der Waals surface area (Å²) in [6.45, 7) is 2.80. The molecule has 0 aliphatic carbocycles. The minimum absolute atomic E-state index is 0.110. The van der Waals surface area contributed by atoms with E-state index in [-0.39, 0.29) is 11.9 Å². The summed E-state index contributed by atoms with van der Waals surface area (Å²) >= 11 is 0. The Morgan fingerprint density at radius 3 is 3.00 bits per heavy atom. The van der Waals surface area contributed by atoms with Gasteiger partial charge in [0.25, 0.3) is 0 Å². The molecule has 1 saturated heterocycles. The molecule has 1 aliphatic rings. The van der Waals surface area contributed by atoms with Crippen LogP contribution in [0.2, 0.25) is 0 Å². The molecule has 1 atom stereocenters. The topological polar surface area (TPSA) is 50.5 Å². The zero-order valence-electron chi connectivity index (χ0n) is 13.7. The molecular weight excluding hydrogens is 300 g/mol. The molecule has 1 aliphatic heterocycles. The molecule has 0 spiro atoms. The van der Waals surface area contributed by atoms with Crippen LogP contribution in [0.3, 0.4) is 0 Å². The summed E-state index contributed by atoms with van der Waals surface area (Å²) in [5, 5.41) is 0. The number of aromatic nitrogens is 3. The molecule has 5 nitrogen and oxygen atoms in total. The van der Waals surface area contributed by atoms with Crippen molar-refractivity contribution in [1.82, 2.24) is 19.3 Å². The first-order chi connectivity index (χ1) is 11.7. The Morgan fingerprint density at radius 1 is 1.25 bits per heavy atom. The molecule has 0 aromatic carbocycles. The van der Waals surface area contributed by atoms with Crippen LogP contribution in [-0.4, -0.2) is 31.7 Å². The number of fused-ring (bicyclic) bond motifs is 1. The lowest BCUT2D eigenvalue weighted by Gasteiger charge is -2.25. The lowest BCUT2D eigenvalue weighted by atomic mass is 10.1. The van der Waals surface area contributed by atoms with Gasteiger partial charge in [0.05, 0.1) is 18.2 Å². The van der Waals surface area contributed by atoms with Crippen LogP contribution in [0, 0.1) is 6.92 Å². The van der Waals surface area contributed by atoms with Crippen molar-refractivity contribution >= 4 is 11.6 Å². The van der Waals surface area contributed by atoms with E-state index < -0.39 is 0 Å². The number of rotatable bonds is 3. The van der Waals surface area contributed by atoms with Crippen LogP contribution in [0.25, 0.3) is 5.65 Å². The molecule has 0 N–H and O–H groups in total. The third-order valence-corrected chi connectivity index (χ3v) is 4.62. The first-order valence-electron chi connectivity index (χ1n) is 8.36. The quantitative estimate of drug-likeness (QED) is 0.745. The number of imidazole rings is 1. The van der Waals surface area contributed by atoms with E-state index >= 15 is 0 Å². The first kappa shape index (κ1) is 14.9. The zero-order chi connectivity index (χ0) is 16.5. The largest absolute Gasteiger partial charge is 0.334 e. The van der Waals surface area contributed by atoms with E-state index in [0.29, 0.717) is 6.42 Å². The van der Waals surface area contributed by atoms with E-state index in [9.17, 15) is 4.79 Å². The first-order valence-corrected chi connectivity index (χ1v) is 8.36.